The Morgan fingerprint density at radius 2 is 1.16 bits per heavy atom. The van der Waals surface area contributed by atoms with E-state index in [1.807, 2.05) is 72.8 Å². The van der Waals surface area contributed by atoms with E-state index in [1.165, 1.54) is 0 Å². The van der Waals surface area contributed by atoms with E-state index in [1.54, 1.807) is 0 Å². The van der Waals surface area contributed by atoms with Crippen molar-refractivity contribution in [1.82, 2.24) is 19.9 Å². The number of rotatable bonds is 1. The summed E-state index contributed by atoms with van der Waals surface area (Å²) in [5, 5.41) is 1.20. The first-order chi connectivity index (χ1) is 15.6. The second-order valence-corrected chi connectivity index (χ2v) is 8.50. The van der Waals surface area contributed by atoms with Crippen molar-refractivity contribution in [2.24, 2.45) is 0 Å². The SMILES string of the molecule is Clc1cccc(Cl)c1-c1cc2cc3ccc(cc4nc(cc5nc(cc1[nH]2)C=C5)C=C4)[nH]3. The summed E-state index contributed by atoms with van der Waals surface area (Å²) in [5.41, 5.74) is 8.93. The molecule has 0 aliphatic carbocycles. The van der Waals surface area contributed by atoms with Gasteiger partial charge in [0.1, 0.15) is 0 Å². The third-order valence-electron chi connectivity index (χ3n) is 5.40. The zero-order chi connectivity index (χ0) is 21.7. The monoisotopic (exact) mass is 454 g/mol. The highest BCUT2D eigenvalue weighted by atomic mass is 35.5. The highest BCUT2D eigenvalue weighted by Crippen LogP contribution is 2.37. The standard InChI is InChI=1S/C26H16Cl2N4/c27-23-2-1-3-24(28)26(23)22-13-21-12-19-7-6-17(30-19)10-15-4-5-16(29-15)11-18-8-9-20(31-18)14-25(22)32-21/h1-14,30,32H. The Bertz CT molecular complexity index is 1590. The Kier molecular flexibility index (Phi) is 4.49. The van der Waals surface area contributed by atoms with Crippen LogP contribution in [0.5, 0.6) is 0 Å². The first kappa shape index (κ1) is 19.1. The highest BCUT2D eigenvalue weighted by Gasteiger charge is 2.13. The van der Waals surface area contributed by atoms with E-state index in [4.69, 9.17) is 28.2 Å². The van der Waals surface area contributed by atoms with E-state index in [9.17, 15) is 0 Å². The van der Waals surface area contributed by atoms with Crippen LogP contribution in [0, 0.1) is 0 Å². The molecule has 0 saturated heterocycles. The Morgan fingerprint density at radius 3 is 1.84 bits per heavy atom. The molecule has 0 unspecified atom stereocenters. The van der Waals surface area contributed by atoms with E-state index in [0.717, 1.165) is 56.0 Å². The smallest absolute Gasteiger partial charge is 0.0659 e. The van der Waals surface area contributed by atoms with Crippen molar-refractivity contribution < 1.29 is 0 Å². The quantitative estimate of drug-likeness (QED) is 0.268. The third-order valence-corrected chi connectivity index (χ3v) is 6.03. The summed E-state index contributed by atoms with van der Waals surface area (Å²) in [5.74, 6) is 0. The lowest BCUT2D eigenvalue weighted by Crippen LogP contribution is -1.81. The van der Waals surface area contributed by atoms with Crippen LogP contribution in [-0.2, 0) is 0 Å². The predicted molar refractivity (Wildman–Crippen MR) is 134 cm³/mol. The first-order valence-electron chi connectivity index (χ1n) is 10.1. The Hall–Kier alpha value is -3.60. The summed E-state index contributed by atoms with van der Waals surface area (Å²) < 4.78 is 0. The van der Waals surface area contributed by atoms with E-state index in [0.29, 0.717) is 10.0 Å². The molecule has 2 N–H and O–H groups in total. The molecule has 2 aliphatic rings. The largest absolute Gasteiger partial charge is 0.355 e. The molecular formula is C26H16Cl2N4. The average Bonchev–Trinajstić information content (AvgIpc) is 3.54. The maximum absolute atomic E-state index is 6.54. The number of hydrogen-bond acceptors (Lipinski definition) is 2. The number of hydrogen-bond donors (Lipinski definition) is 2. The Balaban J connectivity index is 1.70. The molecule has 4 nitrogen and oxygen atoms in total. The van der Waals surface area contributed by atoms with Crippen molar-refractivity contribution in [3.63, 3.8) is 0 Å². The van der Waals surface area contributed by atoms with E-state index >= 15 is 0 Å². The van der Waals surface area contributed by atoms with Gasteiger partial charge in [0, 0.05) is 43.2 Å². The first-order valence-corrected chi connectivity index (χ1v) is 10.9. The highest BCUT2D eigenvalue weighted by molar-refractivity contribution is 6.39. The van der Waals surface area contributed by atoms with Crippen molar-refractivity contribution in [2.75, 3.05) is 0 Å². The van der Waals surface area contributed by atoms with E-state index < -0.39 is 0 Å². The fourth-order valence-corrected chi connectivity index (χ4v) is 4.58. The fraction of sp³-hybridized carbons (Fsp3) is 0. The minimum Gasteiger partial charge on any atom is -0.355 e. The summed E-state index contributed by atoms with van der Waals surface area (Å²) >= 11 is 13.1. The molecule has 6 heteroatoms. The van der Waals surface area contributed by atoms with Crippen LogP contribution in [0.2, 0.25) is 10.0 Å². The maximum atomic E-state index is 6.54. The van der Waals surface area contributed by atoms with Gasteiger partial charge in [-0.25, -0.2) is 9.97 Å². The minimum atomic E-state index is 0.600. The van der Waals surface area contributed by atoms with Gasteiger partial charge in [0.25, 0.3) is 0 Å². The van der Waals surface area contributed by atoms with Gasteiger partial charge >= 0.3 is 0 Å². The molecule has 0 fully saturated rings. The van der Waals surface area contributed by atoms with Crippen molar-refractivity contribution in [3.8, 4) is 11.1 Å². The average molecular weight is 455 g/mol. The van der Waals surface area contributed by atoms with Gasteiger partial charge in [-0.2, -0.15) is 0 Å². The zero-order valence-corrected chi connectivity index (χ0v) is 18.2. The van der Waals surface area contributed by atoms with Crippen LogP contribution in [-0.4, -0.2) is 19.9 Å². The number of aromatic nitrogens is 4. The molecule has 0 saturated carbocycles. The Morgan fingerprint density at radius 1 is 0.562 bits per heavy atom. The number of fused-ring (bicyclic) bond motifs is 8. The molecule has 154 valence electrons. The lowest BCUT2D eigenvalue weighted by atomic mass is 10.1. The molecule has 0 radical (unpaired) electrons. The number of H-pyrrole nitrogens is 2. The van der Waals surface area contributed by atoms with Crippen LogP contribution in [0.3, 0.4) is 0 Å². The van der Waals surface area contributed by atoms with Crippen molar-refractivity contribution in [3.05, 3.63) is 93.5 Å². The minimum absolute atomic E-state index is 0.600. The molecule has 5 heterocycles. The van der Waals surface area contributed by atoms with Crippen molar-refractivity contribution in [1.29, 1.82) is 0 Å². The summed E-state index contributed by atoms with van der Waals surface area (Å²) in [4.78, 5) is 16.3. The molecule has 6 rings (SSSR count). The van der Waals surface area contributed by atoms with Crippen LogP contribution in [0.15, 0.2) is 60.7 Å². The number of aromatic amines is 2. The predicted octanol–water partition coefficient (Wildman–Crippen LogP) is 7.63. The number of nitrogens with zero attached hydrogens (tertiary/aromatic N) is 2. The second kappa shape index (κ2) is 7.52. The fourth-order valence-electron chi connectivity index (χ4n) is 3.98. The summed E-state index contributed by atoms with van der Waals surface area (Å²) in [6, 6.07) is 19.7. The van der Waals surface area contributed by atoms with Gasteiger partial charge in [-0.3, -0.25) is 0 Å². The van der Waals surface area contributed by atoms with Crippen LogP contribution < -0.4 is 0 Å². The summed E-state index contributed by atoms with van der Waals surface area (Å²) in [6.07, 6.45) is 7.96. The second-order valence-electron chi connectivity index (χ2n) is 7.68. The van der Waals surface area contributed by atoms with Crippen LogP contribution in [0.4, 0.5) is 0 Å². The van der Waals surface area contributed by atoms with Gasteiger partial charge in [0.05, 0.1) is 22.8 Å². The molecule has 8 bridgehead atoms. The van der Waals surface area contributed by atoms with E-state index in [-0.39, 0.29) is 0 Å². The van der Waals surface area contributed by atoms with Gasteiger partial charge in [-0.15, -0.1) is 0 Å². The number of nitrogens with one attached hydrogen (secondary N) is 2. The maximum Gasteiger partial charge on any atom is 0.0659 e. The van der Waals surface area contributed by atoms with Crippen molar-refractivity contribution in [2.45, 2.75) is 0 Å². The molecule has 0 amide bonds. The molecule has 2 aliphatic heterocycles. The number of halogens is 2. The topological polar surface area (TPSA) is 57.4 Å². The zero-order valence-electron chi connectivity index (χ0n) is 16.7. The third kappa shape index (κ3) is 3.54. The van der Waals surface area contributed by atoms with Gasteiger partial charge in [-0.05, 0) is 78.9 Å². The van der Waals surface area contributed by atoms with Crippen LogP contribution >= 0.6 is 23.2 Å². The van der Waals surface area contributed by atoms with Gasteiger partial charge in [0.2, 0.25) is 0 Å². The van der Waals surface area contributed by atoms with Crippen LogP contribution in [0.25, 0.3) is 57.5 Å². The lowest BCUT2D eigenvalue weighted by Gasteiger charge is -2.05. The molecule has 4 aromatic rings. The molecular weight excluding hydrogens is 439 g/mol. The van der Waals surface area contributed by atoms with Crippen molar-refractivity contribution >= 4 is 69.6 Å². The summed E-state index contributed by atoms with van der Waals surface area (Å²) in [7, 11) is 0. The number of benzene rings is 1. The van der Waals surface area contributed by atoms with Gasteiger partial charge < -0.3 is 9.97 Å². The lowest BCUT2D eigenvalue weighted by molar-refractivity contribution is 1.28. The van der Waals surface area contributed by atoms with Crippen LogP contribution in [0.1, 0.15) is 22.8 Å². The van der Waals surface area contributed by atoms with Gasteiger partial charge in [0.15, 0.2) is 0 Å². The normalized spacial score (nSPS) is 12.4. The van der Waals surface area contributed by atoms with E-state index in [2.05, 4.69) is 27.1 Å². The molecule has 1 aromatic carbocycles. The molecule has 0 spiro atoms. The molecule has 32 heavy (non-hydrogen) atoms. The summed E-state index contributed by atoms with van der Waals surface area (Å²) in [6.45, 7) is 0. The molecule has 3 aromatic heterocycles. The molecule has 0 atom stereocenters. The van der Waals surface area contributed by atoms with Gasteiger partial charge in [-0.1, -0.05) is 29.3 Å². The Labute approximate surface area is 193 Å².